The molecule has 2 amide bonds. The molecule has 1 heterocycles. The monoisotopic (exact) mass is 288 g/mol. The Kier molecular flexibility index (Phi) is 4.29. The first-order valence-electron chi connectivity index (χ1n) is 6.40. The van der Waals surface area contributed by atoms with Crippen molar-refractivity contribution < 1.29 is 9.59 Å². The summed E-state index contributed by atoms with van der Waals surface area (Å²) in [6.07, 6.45) is 4.35. The van der Waals surface area contributed by atoms with Gasteiger partial charge in [-0.05, 0) is 37.5 Å². The van der Waals surface area contributed by atoms with E-state index >= 15 is 0 Å². The molecule has 0 saturated carbocycles. The highest BCUT2D eigenvalue weighted by Crippen LogP contribution is 2.30. The minimum Gasteiger partial charge on any atom is -0.302 e. The SMILES string of the molecule is C/C=C\CC1(Cc2ccccc2)C(=O)NC(=S)NC1=O. The van der Waals surface area contributed by atoms with Gasteiger partial charge in [0.05, 0.1) is 0 Å². The largest absolute Gasteiger partial charge is 0.302 e. The van der Waals surface area contributed by atoms with Crippen molar-refractivity contribution in [3.8, 4) is 0 Å². The molecule has 20 heavy (non-hydrogen) atoms. The second-order valence-electron chi connectivity index (χ2n) is 4.76. The van der Waals surface area contributed by atoms with Gasteiger partial charge in [0, 0.05) is 0 Å². The zero-order valence-electron chi connectivity index (χ0n) is 11.2. The minimum absolute atomic E-state index is 0.0733. The molecule has 1 aliphatic rings. The van der Waals surface area contributed by atoms with E-state index in [0.29, 0.717) is 12.8 Å². The Balaban J connectivity index is 2.37. The van der Waals surface area contributed by atoms with Crippen molar-refractivity contribution in [1.82, 2.24) is 10.6 Å². The highest BCUT2D eigenvalue weighted by molar-refractivity contribution is 7.80. The number of thiocarbonyl (C=S) groups is 1. The van der Waals surface area contributed by atoms with Crippen molar-refractivity contribution in [3.05, 3.63) is 48.0 Å². The summed E-state index contributed by atoms with van der Waals surface area (Å²) in [4.78, 5) is 24.7. The number of benzene rings is 1. The number of amides is 2. The van der Waals surface area contributed by atoms with Crippen molar-refractivity contribution in [2.24, 2.45) is 5.41 Å². The molecular weight excluding hydrogens is 272 g/mol. The number of hydrogen-bond acceptors (Lipinski definition) is 3. The molecule has 2 N–H and O–H groups in total. The summed E-state index contributed by atoms with van der Waals surface area (Å²) in [5.41, 5.74) is -0.203. The van der Waals surface area contributed by atoms with E-state index in [4.69, 9.17) is 12.2 Å². The lowest BCUT2D eigenvalue weighted by Crippen LogP contribution is -2.63. The molecule has 0 unspecified atom stereocenters. The molecule has 1 aromatic carbocycles. The molecular formula is C15H16N2O2S. The third kappa shape index (κ3) is 2.77. The van der Waals surface area contributed by atoms with E-state index < -0.39 is 5.41 Å². The predicted octanol–water partition coefficient (Wildman–Crippen LogP) is 1.71. The number of carbonyl (C=O) groups is 2. The average Bonchev–Trinajstić information content (AvgIpc) is 2.42. The van der Waals surface area contributed by atoms with Gasteiger partial charge in [-0.3, -0.25) is 9.59 Å². The van der Waals surface area contributed by atoms with Crippen LogP contribution in [0.5, 0.6) is 0 Å². The van der Waals surface area contributed by atoms with Crippen LogP contribution in [0.4, 0.5) is 0 Å². The predicted molar refractivity (Wildman–Crippen MR) is 80.9 cm³/mol. The lowest BCUT2D eigenvalue weighted by molar-refractivity contribution is -0.143. The highest BCUT2D eigenvalue weighted by Gasteiger charge is 2.48. The standard InChI is InChI=1S/C15H16N2O2S/c1-2-3-9-15(10-11-7-5-4-6-8-11)12(18)16-14(20)17-13(15)19/h2-8H,9-10H2,1H3,(H2,16,17,18,19,20)/b3-2-. The van der Waals surface area contributed by atoms with Gasteiger partial charge in [-0.25, -0.2) is 0 Å². The summed E-state index contributed by atoms with van der Waals surface area (Å²) in [6, 6.07) is 9.50. The maximum Gasteiger partial charge on any atom is 0.242 e. The van der Waals surface area contributed by atoms with Gasteiger partial charge in [0.2, 0.25) is 11.8 Å². The van der Waals surface area contributed by atoms with E-state index in [2.05, 4.69) is 10.6 Å². The Labute approximate surface area is 123 Å². The Morgan fingerprint density at radius 2 is 1.75 bits per heavy atom. The quantitative estimate of drug-likeness (QED) is 0.504. The van der Waals surface area contributed by atoms with E-state index in [9.17, 15) is 9.59 Å². The van der Waals surface area contributed by atoms with Gasteiger partial charge in [-0.2, -0.15) is 0 Å². The molecule has 0 spiro atoms. The molecule has 5 heteroatoms. The zero-order chi connectivity index (χ0) is 14.6. The van der Waals surface area contributed by atoms with Crippen molar-refractivity contribution in [3.63, 3.8) is 0 Å². The second-order valence-corrected chi connectivity index (χ2v) is 5.16. The Bertz CT molecular complexity index is 546. The lowest BCUT2D eigenvalue weighted by atomic mass is 9.76. The maximum atomic E-state index is 12.4. The van der Waals surface area contributed by atoms with Crippen LogP contribution in [-0.4, -0.2) is 16.9 Å². The molecule has 1 fully saturated rings. The normalized spacial score (nSPS) is 17.9. The summed E-state index contributed by atoms with van der Waals surface area (Å²) in [5, 5.41) is 5.19. The van der Waals surface area contributed by atoms with Gasteiger partial charge >= 0.3 is 0 Å². The zero-order valence-corrected chi connectivity index (χ0v) is 12.0. The van der Waals surface area contributed by atoms with E-state index in [-0.39, 0.29) is 16.9 Å². The van der Waals surface area contributed by atoms with E-state index in [1.54, 1.807) is 0 Å². The van der Waals surface area contributed by atoms with Gasteiger partial charge in [0.25, 0.3) is 0 Å². The van der Waals surface area contributed by atoms with Crippen molar-refractivity contribution in [2.45, 2.75) is 19.8 Å². The van der Waals surface area contributed by atoms with Gasteiger partial charge in [-0.15, -0.1) is 0 Å². The van der Waals surface area contributed by atoms with Crippen LogP contribution in [-0.2, 0) is 16.0 Å². The van der Waals surface area contributed by atoms with Crippen LogP contribution in [0.15, 0.2) is 42.5 Å². The van der Waals surface area contributed by atoms with Gasteiger partial charge in [-0.1, -0.05) is 42.5 Å². The molecule has 1 aromatic rings. The first-order chi connectivity index (χ1) is 9.58. The van der Waals surface area contributed by atoms with Gasteiger partial charge in [0.1, 0.15) is 5.41 Å². The fraction of sp³-hybridized carbons (Fsp3) is 0.267. The number of carbonyl (C=O) groups excluding carboxylic acids is 2. The van der Waals surface area contributed by atoms with Crippen LogP contribution in [0.1, 0.15) is 18.9 Å². The van der Waals surface area contributed by atoms with E-state index in [0.717, 1.165) is 5.56 Å². The lowest BCUT2D eigenvalue weighted by Gasteiger charge is -2.34. The topological polar surface area (TPSA) is 58.2 Å². The Hall–Kier alpha value is -2.01. The summed E-state index contributed by atoms with van der Waals surface area (Å²) in [6.45, 7) is 1.86. The molecule has 0 atom stereocenters. The first kappa shape index (κ1) is 14.4. The van der Waals surface area contributed by atoms with Crippen LogP contribution in [0, 0.1) is 5.41 Å². The number of nitrogens with one attached hydrogen (secondary N) is 2. The fourth-order valence-electron chi connectivity index (χ4n) is 2.26. The fourth-order valence-corrected chi connectivity index (χ4v) is 2.45. The third-order valence-corrected chi connectivity index (χ3v) is 3.58. The maximum absolute atomic E-state index is 12.4. The van der Waals surface area contributed by atoms with Gasteiger partial charge < -0.3 is 10.6 Å². The number of allylic oxidation sites excluding steroid dienone is 2. The summed E-state index contributed by atoms with van der Waals surface area (Å²) in [7, 11) is 0. The molecule has 0 aliphatic carbocycles. The van der Waals surface area contributed by atoms with Crippen LogP contribution in [0.25, 0.3) is 0 Å². The van der Waals surface area contributed by atoms with Crippen molar-refractivity contribution >= 4 is 29.1 Å². The van der Waals surface area contributed by atoms with Crippen molar-refractivity contribution in [2.75, 3.05) is 0 Å². The average molecular weight is 288 g/mol. The minimum atomic E-state index is -1.14. The summed E-state index contributed by atoms with van der Waals surface area (Å²) < 4.78 is 0. The summed E-state index contributed by atoms with van der Waals surface area (Å²) >= 11 is 4.86. The van der Waals surface area contributed by atoms with Crippen LogP contribution in [0.3, 0.4) is 0 Å². The molecule has 1 aliphatic heterocycles. The molecule has 1 saturated heterocycles. The second kappa shape index (κ2) is 5.96. The highest BCUT2D eigenvalue weighted by atomic mass is 32.1. The first-order valence-corrected chi connectivity index (χ1v) is 6.81. The molecule has 0 radical (unpaired) electrons. The molecule has 0 bridgehead atoms. The van der Waals surface area contributed by atoms with E-state index in [1.807, 2.05) is 49.4 Å². The molecule has 0 aromatic heterocycles. The Morgan fingerprint density at radius 3 is 2.30 bits per heavy atom. The molecule has 4 nitrogen and oxygen atoms in total. The van der Waals surface area contributed by atoms with Crippen LogP contribution >= 0.6 is 12.2 Å². The number of rotatable bonds is 4. The van der Waals surface area contributed by atoms with E-state index in [1.165, 1.54) is 0 Å². The summed E-state index contributed by atoms with van der Waals surface area (Å²) in [5.74, 6) is -0.679. The van der Waals surface area contributed by atoms with Gasteiger partial charge in [0.15, 0.2) is 5.11 Å². The molecule has 104 valence electrons. The van der Waals surface area contributed by atoms with Crippen LogP contribution in [0.2, 0.25) is 0 Å². The smallest absolute Gasteiger partial charge is 0.242 e. The third-order valence-electron chi connectivity index (χ3n) is 3.37. The molecule has 2 rings (SSSR count). The van der Waals surface area contributed by atoms with Crippen LogP contribution < -0.4 is 10.6 Å². The number of hydrogen-bond donors (Lipinski definition) is 2. The Morgan fingerprint density at radius 1 is 1.15 bits per heavy atom. The van der Waals surface area contributed by atoms with Crippen molar-refractivity contribution in [1.29, 1.82) is 0 Å².